The number of hydrogen-bond donors (Lipinski definition) is 8. The van der Waals surface area contributed by atoms with Gasteiger partial charge in [-0.3, -0.25) is 4.79 Å². The zero-order valence-corrected chi connectivity index (χ0v) is 50.4. The van der Waals surface area contributed by atoms with Crippen LogP contribution in [0, 0.1) is 0 Å². The summed E-state index contributed by atoms with van der Waals surface area (Å²) < 4.78 is 11.1. The molecule has 1 heterocycles. The van der Waals surface area contributed by atoms with Crippen LogP contribution < -0.4 is 5.32 Å². The van der Waals surface area contributed by atoms with Gasteiger partial charge in [0.15, 0.2) is 6.29 Å². The Kier molecular flexibility index (Phi) is 52.8. The molecule has 78 heavy (non-hydrogen) atoms. The second-order valence-corrected chi connectivity index (χ2v) is 23.2. The number of nitrogens with one attached hydrogen (secondary N) is 1. The molecule has 458 valence electrons. The van der Waals surface area contributed by atoms with Crippen LogP contribution in [-0.4, -0.2) is 110 Å². The van der Waals surface area contributed by atoms with Crippen molar-refractivity contribution in [1.82, 2.24) is 5.32 Å². The molecule has 9 unspecified atom stereocenters. The summed E-state index contributed by atoms with van der Waals surface area (Å²) in [6.07, 6.45) is 60.5. The monoisotopic (exact) mass is 1100 g/mol. The zero-order valence-electron chi connectivity index (χ0n) is 50.4. The summed E-state index contributed by atoms with van der Waals surface area (Å²) in [6.45, 7) is 3.46. The zero-order chi connectivity index (χ0) is 56.8. The maximum absolute atomic E-state index is 13.2. The molecule has 0 aromatic heterocycles. The van der Waals surface area contributed by atoms with Crippen molar-refractivity contribution >= 4 is 5.91 Å². The molecule has 0 spiro atoms. The van der Waals surface area contributed by atoms with Crippen molar-refractivity contribution < 1.29 is 50.0 Å². The Morgan fingerprint density at radius 2 is 0.808 bits per heavy atom. The summed E-state index contributed by atoms with van der Waals surface area (Å²) in [7, 11) is 0. The highest BCUT2D eigenvalue weighted by Crippen LogP contribution is 2.23. The van der Waals surface area contributed by atoms with Gasteiger partial charge in [-0.15, -0.1) is 0 Å². The molecule has 0 aromatic rings. The van der Waals surface area contributed by atoms with Crippen LogP contribution in [0.5, 0.6) is 0 Å². The van der Waals surface area contributed by atoms with E-state index in [2.05, 4.69) is 67.8 Å². The lowest BCUT2D eigenvalue weighted by atomic mass is 9.98. The largest absolute Gasteiger partial charge is 0.394 e. The lowest BCUT2D eigenvalue weighted by Crippen LogP contribution is -2.60. The Labute approximate surface area is 479 Å². The molecule has 1 aliphatic rings. The molecule has 9 atom stereocenters. The molecule has 11 nitrogen and oxygen atoms in total. The van der Waals surface area contributed by atoms with Gasteiger partial charge < -0.3 is 50.5 Å². The fraction of sp³-hybridized carbons (Fsp3) is 0.866. The highest BCUT2D eigenvalue weighted by Gasteiger charge is 2.44. The van der Waals surface area contributed by atoms with Crippen LogP contribution in [0.2, 0.25) is 0 Å². The fourth-order valence-electron chi connectivity index (χ4n) is 10.5. The molecule has 11 heteroatoms. The minimum atomic E-state index is -1.67. The van der Waals surface area contributed by atoms with E-state index in [4.69, 9.17) is 9.47 Å². The van der Waals surface area contributed by atoms with Gasteiger partial charge in [-0.2, -0.15) is 0 Å². The lowest BCUT2D eigenvalue weighted by molar-refractivity contribution is -0.303. The van der Waals surface area contributed by atoms with Crippen LogP contribution >= 0.6 is 0 Å². The van der Waals surface area contributed by atoms with Crippen molar-refractivity contribution in [2.45, 2.75) is 358 Å². The molecule has 0 aromatic carbocycles. The highest BCUT2D eigenvalue weighted by molar-refractivity contribution is 5.80. The van der Waals surface area contributed by atoms with E-state index in [-0.39, 0.29) is 12.8 Å². The number of hydrogen-bond acceptors (Lipinski definition) is 10. The van der Waals surface area contributed by atoms with E-state index in [0.717, 1.165) is 44.9 Å². The van der Waals surface area contributed by atoms with Crippen LogP contribution in [-0.2, 0) is 14.3 Å². The number of allylic oxidation sites excluding steroid dienone is 8. The Balaban J connectivity index is 2.20. The maximum atomic E-state index is 13.2. The summed E-state index contributed by atoms with van der Waals surface area (Å²) in [6, 6.07) is -1.19. The molecule has 0 radical (unpaired) electrons. The first-order valence-electron chi connectivity index (χ1n) is 33.0. The van der Waals surface area contributed by atoms with Gasteiger partial charge >= 0.3 is 0 Å². The second-order valence-electron chi connectivity index (χ2n) is 23.2. The van der Waals surface area contributed by atoms with Gasteiger partial charge in [0.2, 0.25) is 5.91 Å². The van der Waals surface area contributed by atoms with Gasteiger partial charge in [-0.1, -0.05) is 268 Å². The summed E-state index contributed by atoms with van der Waals surface area (Å²) in [4.78, 5) is 13.2. The highest BCUT2D eigenvalue weighted by atomic mass is 16.7. The molecule has 1 fully saturated rings. The summed E-state index contributed by atoms with van der Waals surface area (Å²) in [5.41, 5.74) is 0. The normalized spacial score (nSPS) is 19.7. The molecule has 0 bridgehead atoms. The van der Waals surface area contributed by atoms with Gasteiger partial charge in [-0.05, 0) is 83.5 Å². The van der Waals surface area contributed by atoms with Crippen molar-refractivity contribution in [3.63, 3.8) is 0 Å². The minimum absolute atomic E-state index is 0.246. The van der Waals surface area contributed by atoms with E-state index in [1.54, 1.807) is 0 Å². The quantitative estimate of drug-likeness (QED) is 0.0215. The predicted octanol–water partition coefficient (Wildman–Crippen LogP) is 15.2. The van der Waals surface area contributed by atoms with Crippen molar-refractivity contribution in [2.24, 2.45) is 0 Å². The number of carbonyl (C=O) groups is 1. The molecule has 8 N–H and O–H groups in total. The van der Waals surface area contributed by atoms with Crippen molar-refractivity contribution in [2.75, 3.05) is 13.2 Å². The number of ether oxygens (including phenoxy) is 2. The van der Waals surface area contributed by atoms with Gasteiger partial charge in [0.05, 0.1) is 25.4 Å². The van der Waals surface area contributed by atoms with Crippen molar-refractivity contribution in [1.29, 1.82) is 0 Å². The number of amides is 1. The number of aliphatic hydroxyl groups excluding tert-OH is 7. The molecule has 0 aliphatic carbocycles. The Morgan fingerprint density at radius 1 is 0.449 bits per heavy atom. The minimum Gasteiger partial charge on any atom is -0.394 e. The lowest BCUT2D eigenvalue weighted by Gasteiger charge is -2.40. The molecule has 1 aliphatic heterocycles. The van der Waals surface area contributed by atoms with Crippen LogP contribution in [0.1, 0.15) is 303 Å². The average Bonchev–Trinajstić information content (AvgIpc) is 3.46. The van der Waals surface area contributed by atoms with Gasteiger partial charge in [-0.25, -0.2) is 0 Å². The van der Waals surface area contributed by atoms with Crippen molar-refractivity contribution in [3.05, 3.63) is 48.6 Å². The van der Waals surface area contributed by atoms with E-state index in [1.807, 2.05) is 0 Å². The van der Waals surface area contributed by atoms with Gasteiger partial charge in [0, 0.05) is 0 Å². The van der Waals surface area contributed by atoms with Gasteiger partial charge in [0.1, 0.15) is 36.6 Å². The smallest absolute Gasteiger partial charge is 0.249 e. The third-order valence-electron chi connectivity index (χ3n) is 15.8. The van der Waals surface area contributed by atoms with E-state index in [1.165, 1.54) is 212 Å². The van der Waals surface area contributed by atoms with Gasteiger partial charge in [0.25, 0.3) is 0 Å². The first-order valence-corrected chi connectivity index (χ1v) is 33.0. The molecular formula is C67H125NO10. The number of carbonyl (C=O) groups excluding carboxylic acids is 1. The fourth-order valence-corrected chi connectivity index (χ4v) is 10.5. The Morgan fingerprint density at radius 3 is 1.22 bits per heavy atom. The maximum Gasteiger partial charge on any atom is 0.249 e. The van der Waals surface area contributed by atoms with E-state index < -0.39 is 74.2 Å². The molecule has 1 saturated heterocycles. The number of aliphatic hydroxyl groups is 7. The van der Waals surface area contributed by atoms with Crippen LogP contribution in [0.3, 0.4) is 0 Å². The molecule has 0 saturated carbocycles. The third kappa shape index (κ3) is 42.8. The standard InChI is InChI=1S/C67H125NO10/c1-3-5-7-9-11-13-15-17-19-21-22-23-24-25-26-27-28-29-30-31-32-33-34-35-36-37-39-41-43-45-47-49-51-53-55-60(71)66(76)68-58(57-77-67-65(75)64(74)63(73)61(56-69)78-67)62(72)59(70)54-52-50-48-46-44-42-40-38-20-18-16-14-12-10-8-6-4-2/h24-25,27-28,38,40,46,48,58-65,67,69-75H,3-23,26,29-37,39,41-45,47,49-57H2,1-2H3,(H,68,76)/b25-24-,28-27-,40-38+,48-46+. The predicted molar refractivity (Wildman–Crippen MR) is 325 cm³/mol. The summed E-state index contributed by atoms with van der Waals surface area (Å²) in [5, 5.41) is 76.2. The van der Waals surface area contributed by atoms with Crippen LogP contribution in [0.15, 0.2) is 48.6 Å². The average molecular weight is 1100 g/mol. The molecular weight excluding hydrogens is 979 g/mol. The summed E-state index contributed by atoms with van der Waals surface area (Å²) >= 11 is 0. The van der Waals surface area contributed by atoms with E-state index in [9.17, 15) is 40.5 Å². The van der Waals surface area contributed by atoms with Crippen molar-refractivity contribution in [3.8, 4) is 0 Å². The summed E-state index contributed by atoms with van der Waals surface area (Å²) in [5.74, 6) is -0.708. The first kappa shape index (κ1) is 74.1. The van der Waals surface area contributed by atoms with Crippen LogP contribution in [0.4, 0.5) is 0 Å². The Hall–Kier alpha value is -1.93. The SMILES string of the molecule is CCCCCCCCCC/C=C/CC/C=C/CCCC(O)C(O)C(COC1OC(CO)C(O)C(O)C1O)NC(=O)C(O)CCCCCCCCCCCCCCCCCC/C=C\C/C=C\CCCCCCCCCCCCC. The van der Waals surface area contributed by atoms with Crippen LogP contribution in [0.25, 0.3) is 0 Å². The number of unbranched alkanes of at least 4 members (excludes halogenated alkanes) is 37. The second kappa shape index (κ2) is 55.6. The third-order valence-corrected chi connectivity index (χ3v) is 15.8. The van der Waals surface area contributed by atoms with E-state index >= 15 is 0 Å². The molecule has 1 amide bonds. The molecule has 1 rings (SSSR count). The number of rotatable bonds is 57. The topological polar surface area (TPSA) is 189 Å². The van der Waals surface area contributed by atoms with E-state index in [0.29, 0.717) is 19.3 Å². The first-order chi connectivity index (χ1) is 38.2. The Bertz CT molecular complexity index is 1410.